The summed E-state index contributed by atoms with van der Waals surface area (Å²) in [5.41, 5.74) is 25.6. The number of benzene rings is 6. The Kier molecular flexibility index (Phi) is 42.8. The van der Waals surface area contributed by atoms with Crippen LogP contribution in [-0.4, -0.2) is 225 Å². The molecule has 720 valence electrons. The van der Waals surface area contributed by atoms with E-state index in [0.717, 1.165) is 107 Å². The van der Waals surface area contributed by atoms with Crippen molar-refractivity contribution in [2.45, 2.75) is 214 Å². The van der Waals surface area contributed by atoms with Gasteiger partial charge in [0.05, 0.1) is 76.1 Å². The number of unbranched alkanes of at least 4 members (excludes halogenated alkanes) is 3. The summed E-state index contributed by atoms with van der Waals surface area (Å²) < 4.78 is 161. The number of amides is 6. The number of aromatic nitrogens is 5. The summed E-state index contributed by atoms with van der Waals surface area (Å²) in [4.78, 5) is 96.3. The number of sulfone groups is 3. The summed E-state index contributed by atoms with van der Waals surface area (Å²) >= 11 is 1.13. The van der Waals surface area contributed by atoms with Crippen molar-refractivity contribution in [1.82, 2.24) is 55.8 Å². The summed E-state index contributed by atoms with van der Waals surface area (Å²) in [5.74, 6) is -11.4. The van der Waals surface area contributed by atoms with Crippen LogP contribution in [0.2, 0.25) is 0 Å². The number of aliphatic hydroxyl groups excluding tert-OH is 3. The minimum absolute atomic E-state index is 0.00881. The molecule has 0 aliphatic carbocycles. The van der Waals surface area contributed by atoms with Crippen molar-refractivity contribution < 1.29 is 95.7 Å². The van der Waals surface area contributed by atoms with Crippen LogP contribution in [0.4, 0.5) is 26.3 Å². The second-order valence-electron chi connectivity index (χ2n) is 32.8. The molecule has 0 saturated carbocycles. The average Bonchev–Trinajstić information content (AvgIpc) is 1.51. The van der Waals surface area contributed by atoms with Crippen molar-refractivity contribution in [2.75, 3.05) is 54.2 Å². The Bertz CT molecular complexity index is 5600. The molecule has 0 unspecified atom stereocenters. The molecule has 0 saturated heterocycles. The van der Waals surface area contributed by atoms with Gasteiger partial charge in [-0.3, -0.25) is 33.9 Å². The van der Waals surface area contributed by atoms with E-state index < -0.39 is 172 Å². The molecule has 132 heavy (non-hydrogen) atoms. The molecule has 3 heterocycles. The van der Waals surface area contributed by atoms with Gasteiger partial charge in [-0.25, -0.2) is 61.6 Å². The molecule has 0 fully saturated rings. The van der Waals surface area contributed by atoms with Crippen molar-refractivity contribution in [2.24, 2.45) is 17.2 Å². The van der Waals surface area contributed by atoms with Crippen LogP contribution < -0.4 is 33.2 Å². The Labute approximate surface area is 771 Å². The highest BCUT2D eigenvalue weighted by Crippen LogP contribution is 2.24. The van der Waals surface area contributed by atoms with E-state index in [1.165, 1.54) is 33.3 Å². The topological polar surface area (TPSA) is 460 Å². The van der Waals surface area contributed by atoms with Crippen LogP contribution in [0, 0.1) is 55.7 Å². The fraction of sp³-hybridized carbons (Fsp3) is 0.452. The zero-order valence-electron chi connectivity index (χ0n) is 75.6. The van der Waals surface area contributed by atoms with Crippen molar-refractivity contribution >= 4 is 76.3 Å². The first-order valence-electron chi connectivity index (χ1n) is 43.6. The number of aryl methyl sites for hydroxylation is 6. The van der Waals surface area contributed by atoms with Gasteiger partial charge in [0.2, 0.25) is 17.7 Å². The van der Waals surface area contributed by atoms with Crippen molar-refractivity contribution in [3.8, 4) is 0 Å². The zero-order chi connectivity index (χ0) is 97.3. The quantitative estimate of drug-likeness (QED) is 0.0158. The zero-order valence-corrected chi connectivity index (χ0v) is 78.8. The van der Waals surface area contributed by atoms with E-state index in [4.69, 9.17) is 17.2 Å². The maximum Gasteiger partial charge on any atom is 0.272 e. The number of nitrogens with two attached hydrogens (primary N) is 3. The van der Waals surface area contributed by atoms with Gasteiger partial charge in [0.1, 0.15) is 69.3 Å². The molecule has 9 aromatic rings. The molecule has 9 atom stereocenters. The van der Waals surface area contributed by atoms with Gasteiger partial charge in [0.25, 0.3) is 17.7 Å². The molecular weight excluding hydrogens is 1800 g/mol. The first kappa shape index (κ1) is 108. The lowest BCUT2D eigenvalue weighted by Crippen LogP contribution is -2.54. The maximum absolute atomic E-state index is 14.2. The molecule has 6 aromatic carbocycles. The van der Waals surface area contributed by atoms with Crippen LogP contribution >= 0.6 is 11.3 Å². The number of carbonyl (C=O) groups excluding carboxylic acids is 6. The highest BCUT2D eigenvalue weighted by atomic mass is 32.2. The number of hydrogen-bond donors (Lipinski definition) is 11. The van der Waals surface area contributed by atoms with Crippen molar-refractivity contribution in [1.29, 1.82) is 0 Å². The number of thiazole rings is 1. The van der Waals surface area contributed by atoms with Crippen LogP contribution in [0.1, 0.15) is 177 Å². The van der Waals surface area contributed by atoms with Gasteiger partial charge in [-0.1, -0.05) is 134 Å². The van der Waals surface area contributed by atoms with Crippen molar-refractivity contribution in [3.05, 3.63) is 264 Å². The highest BCUT2D eigenvalue weighted by Gasteiger charge is 2.38. The summed E-state index contributed by atoms with van der Waals surface area (Å²) in [6.07, 6.45) is 3.44. The van der Waals surface area contributed by atoms with Crippen molar-refractivity contribution in [3.63, 3.8) is 0 Å². The highest BCUT2D eigenvalue weighted by molar-refractivity contribution is 7.92. The number of imidazole rings is 1. The minimum Gasteiger partial charge on any atom is -0.390 e. The van der Waals surface area contributed by atoms with Crippen LogP contribution in [-0.2, 0) is 102 Å². The molecule has 9 rings (SSSR count). The molecule has 0 bridgehead atoms. The first-order valence-corrected chi connectivity index (χ1v) is 49.9. The van der Waals surface area contributed by atoms with E-state index in [0.29, 0.717) is 66.0 Å². The second-order valence-corrected chi connectivity index (χ2v) is 40.7. The Balaban J connectivity index is 0.000000271. The lowest BCUT2D eigenvalue weighted by Gasteiger charge is -2.31. The van der Waals surface area contributed by atoms with Crippen LogP contribution in [0.5, 0.6) is 0 Å². The number of H-pyrrole nitrogens is 2. The normalized spacial score (nSPS) is 13.7. The lowest BCUT2D eigenvalue weighted by molar-refractivity contribution is -0.135. The van der Waals surface area contributed by atoms with E-state index in [9.17, 15) is 95.7 Å². The largest absolute Gasteiger partial charge is 0.390 e. The molecule has 3 aromatic heterocycles. The number of hydrogen-bond acceptors (Lipinski definition) is 22. The maximum atomic E-state index is 14.2. The van der Waals surface area contributed by atoms with Crippen LogP contribution in [0.3, 0.4) is 0 Å². The predicted molar refractivity (Wildman–Crippen MR) is 494 cm³/mol. The molecule has 39 heteroatoms. The summed E-state index contributed by atoms with van der Waals surface area (Å²) in [7, 11) is -11.3. The van der Waals surface area contributed by atoms with Gasteiger partial charge < -0.3 is 68.2 Å². The fourth-order valence-electron chi connectivity index (χ4n) is 14.3. The number of rotatable bonds is 48. The Morgan fingerprint density at radius 2 is 0.758 bits per heavy atom. The third-order valence-electron chi connectivity index (χ3n) is 21.4. The molecule has 29 nitrogen and oxygen atoms in total. The fourth-order valence-corrected chi connectivity index (χ4v) is 20.0. The predicted octanol–water partition coefficient (Wildman–Crippen LogP) is 9.23. The molecular formula is C93H122F6N14O15S4. The van der Waals surface area contributed by atoms with E-state index >= 15 is 0 Å². The van der Waals surface area contributed by atoms with Crippen LogP contribution in [0.25, 0.3) is 0 Å². The van der Waals surface area contributed by atoms with E-state index in [1.807, 2.05) is 96.1 Å². The lowest BCUT2D eigenvalue weighted by atomic mass is 10.0. The Hall–Kier alpha value is -10.6. The third-order valence-corrected chi connectivity index (χ3v) is 27.8. The number of nitrogens with zero attached hydrogens (tertiary/aromatic N) is 6. The first-order chi connectivity index (χ1) is 62.4. The van der Waals surface area contributed by atoms with E-state index in [-0.39, 0.29) is 109 Å². The van der Waals surface area contributed by atoms with E-state index in [2.05, 4.69) is 41.1 Å². The van der Waals surface area contributed by atoms with Gasteiger partial charge in [0.15, 0.2) is 29.5 Å². The molecule has 6 amide bonds. The smallest absolute Gasteiger partial charge is 0.272 e. The SMILES string of the molecule is CCCCS(=O)(=O)C[C@@H](NC(=O)c1cc(C)[nH]n1)C(=O)N(Cc1cccc(CC)c1)C[C@@H](O)[C@@H](N)Cc1cc(F)cc(F)c1.CCCCS(=O)(=O)C[C@@H](NC(=O)c1cnc[nH]1)C(=O)N(Cc1cccc(CC)c1)C[C@@H](O)[C@@H](N)Cc1cc(F)cc(F)c1.CCCCS(=O)(=O)C[C@@H](NC(=O)c1sc(C)nc1C)C(=O)N(Cc1cccc(CC)c1)C[C@@H](O)[C@@H](N)Cc1cc(F)cc(F)c1. The number of aliphatic hydroxyl groups is 3. The molecule has 0 aliphatic rings. The number of carbonyl (C=O) groups is 6. The number of nitrogens with one attached hydrogen (secondary N) is 5. The Morgan fingerprint density at radius 3 is 1.04 bits per heavy atom. The second kappa shape index (κ2) is 52.1. The van der Waals surface area contributed by atoms with Gasteiger partial charge in [-0.05, 0) is 171 Å². The minimum atomic E-state index is -3.77. The standard InChI is InChI=1S/C32H42F2N4O5S2.C31H41F2N5O5S.C30H39F2N5O5S/c1-5-7-11-45(42,43)19-28(37-31(40)30-20(3)36-21(4)44-30)32(41)38(17-23-10-8-9-22(6-2)12-23)18-29(39)27(35)15-24-13-25(33)16-26(34)14-24;1-4-6-10-44(42,43)19-28(35-30(40)27-11-20(3)36-37-27)31(41)38(17-22-9-7-8-21(5-2)12-22)18-29(39)26(34)15-23-13-24(32)16-25(33)14-23;1-3-5-9-43(41,42)18-27(36-29(39)26-15-34-19-35-26)30(40)37(16-21-8-6-7-20(4-2)10-21)17-28(38)25(33)13-22-11-23(31)14-24(32)12-22/h8-10,12-14,16,27-29,39H,5-7,11,15,17-19,35H2,1-4H3,(H,37,40);7-9,11-14,16,26,28-29,39H,4-6,10,15,17-19,34H2,1-3H3,(H,35,40)(H,36,37);6-8,10-12,14-15,19,25,27-28,38H,3-5,9,13,16-18,33H2,1-2H3,(H,34,35)(H,36,39)/t27-,28+,29+;26-,28+,29+;25-,27+,28+/m000/s1. The number of halogens is 6. The van der Waals surface area contributed by atoms with Gasteiger partial charge >= 0.3 is 0 Å². The van der Waals surface area contributed by atoms with Gasteiger partial charge in [-0.2, -0.15) is 5.10 Å². The summed E-state index contributed by atoms with van der Waals surface area (Å²) in [5, 5.41) is 48.1. The summed E-state index contributed by atoms with van der Waals surface area (Å²) in [6, 6.07) is 25.1. The third kappa shape index (κ3) is 36.1. The molecule has 14 N–H and O–H groups in total. The monoisotopic (exact) mass is 1920 g/mol. The number of aromatic amines is 2. The molecule has 0 radical (unpaired) electrons. The Morgan fingerprint density at radius 1 is 0.439 bits per heavy atom. The summed E-state index contributed by atoms with van der Waals surface area (Å²) in [6.45, 7) is 15.5. The van der Waals surface area contributed by atoms with Crippen LogP contribution in [0.15, 0.2) is 146 Å². The van der Waals surface area contributed by atoms with Gasteiger partial charge in [-0.15, -0.1) is 11.3 Å². The average molecular weight is 1920 g/mol. The molecule has 0 aliphatic heterocycles. The molecule has 0 spiro atoms. The van der Waals surface area contributed by atoms with E-state index in [1.54, 1.807) is 39.0 Å². The van der Waals surface area contributed by atoms with Gasteiger partial charge in [0, 0.05) is 81.3 Å².